The lowest BCUT2D eigenvalue weighted by Gasteiger charge is -1.90. The highest BCUT2D eigenvalue weighted by Gasteiger charge is 2.08. The minimum atomic E-state index is -0.953. The lowest BCUT2D eigenvalue weighted by atomic mass is 9.99. The Kier molecular flexibility index (Phi) is 5.19. The standard InChI is InChI=1S/C6H6BNO2.2CH4.H2/c1-3-4(6(9)10)2-8-5(3)7;;;/h2,8H,1H3,(H,9,10);2*1H4;1H/i;;;1+1. The first-order chi connectivity index (χ1) is 4.63. The summed E-state index contributed by atoms with van der Waals surface area (Å²) in [6, 6.07) is 0. The van der Waals surface area contributed by atoms with E-state index in [4.69, 9.17) is 13.0 Å². The van der Waals surface area contributed by atoms with Crippen molar-refractivity contribution in [2.75, 3.05) is 0 Å². The number of aromatic nitrogens is 1. The van der Waals surface area contributed by atoms with Gasteiger partial charge in [-0.1, -0.05) is 14.9 Å². The number of carboxylic acid groups (broad SMARTS) is 1. The van der Waals surface area contributed by atoms with Crippen LogP contribution < -0.4 is 5.59 Å². The Morgan fingerprint density at radius 1 is 1.67 bits per heavy atom. The van der Waals surface area contributed by atoms with E-state index in [2.05, 4.69) is 4.98 Å². The van der Waals surface area contributed by atoms with E-state index in [1.165, 1.54) is 6.20 Å². The average molecular weight is 170 g/mol. The molecule has 0 fully saturated rings. The molecule has 0 saturated carbocycles. The summed E-state index contributed by atoms with van der Waals surface area (Å²) in [5, 5.41) is 8.50. The van der Waals surface area contributed by atoms with Crippen molar-refractivity contribution >= 4 is 19.4 Å². The van der Waals surface area contributed by atoms with Crippen LogP contribution in [-0.4, -0.2) is 23.9 Å². The van der Waals surface area contributed by atoms with Crippen molar-refractivity contribution in [2.24, 2.45) is 0 Å². The van der Waals surface area contributed by atoms with Gasteiger partial charge >= 0.3 is 5.97 Å². The molecule has 1 aromatic heterocycles. The summed E-state index contributed by atoms with van der Waals surface area (Å²) in [5.74, 6) is -0.953. The van der Waals surface area contributed by atoms with Gasteiger partial charge in [0.2, 0.25) is 0 Å². The molecule has 2 radical (unpaired) electrons. The molecule has 1 heterocycles. The van der Waals surface area contributed by atoms with Crippen LogP contribution in [0.4, 0.5) is 0 Å². The third kappa shape index (κ3) is 2.15. The first kappa shape index (κ1) is 13.4. The smallest absolute Gasteiger partial charge is 0.337 e. The number of carboxylic acids is 1. The highest BCUT2D eigenvalue weighted by molar-refractivity contribution is 6.32. The van der Waals surface area contributed by atoms with Crippen LogP contribution in [0.2, 0.25) is 0 Å². The summed E-state index contributed by atoms with van der Waals surface area (Å²) in [5.41, 5.74) is 1.24. The van der Waals surface area contributed by atoms with Crippen LogP contribution in [-0.2, 0) is 0 Å². The Bertz CT molecular complexity index is 273. The van der Waals surface area contributed by atoms with Gasteiger partial charge in [-0.15, -0.1) is 0 Å². The van der Waals surface area contributed by atoms with Gasteiger partial charge in [0.15, 0.2) is 0 Å². The van der Waals surface area contributed by atoms with Crippen molar-refractivity contribution in [3.8, 4) is 0 Å². The minimum Gasteiger partial charge on any atom is -0.478 e. The predicted octanol–water partition coefficient (Wildman–Crippen LogP) is 1.33. The maximum Gasteiger partial charge on any atom is 0.337 e. The fourth-order valence-electron chi connectivity index (χ4n) is 0.734. The van der Waals surface area contributed by atoms with E-state index in [1.807, 2.05) is 0 Å². The lowest BCUT2D eigenvalue weighted by molar-refractivity contribution is 0.0696. The molecular formula is C8H16BNO2. The SMILES string of the molecule is C.C.[2HH].[B]c1[nH]cc(C(=O)O)c1C. The Hall–Kier alpha value is -1.19. The van der Waals surface area contributed by atoms with Crippen molar-refractivity contribution in [1.82, 2.24) is 4.98 Å². The number of aromatic amines is 1. The Labute approximate surface area is 75.7 Å². The summed E-state index contributed by atoms with van der Waals surface area (Å²) in [4.78, 5) is 13.0. The van der Waals surface area contributed by atoms with Crippen molar-refractivity contribution in [2.45, 2.75) is 21.8 Å². The van der Waals surface area contributed by atoms with Gasteiger partial charge in [0.05, 0.1) is 5.56 Å². The molecule has 1 rings (SSSR count). The zero-order chi connectivity index (χ0) is 7.72. The minimum absolute atomic E-state index is 0. The average Bonchev–Trinajstić information content (AvgIpc) is 2.14. The predicted molar refractivity (Wildman–Crippen MR) is 53.5 cm³/mol. The van der Waals surface area contributed by atoms with E-state index in [0.29, 0.717) is 11.2 Å². The fourth-order valence-corrected chi connectivity index (χ4v) is 0.734. The van der Waals surface area contributed by atoms with E-state index in [1.54, 1.807) is 6.92 Å². The van der Waals surface area contributed by atoms with Crippen LogP contribution >= 0.6 is 0 Å². The van der Waals surface area contributed by atoms with Crippen molar-refractivity contribution in [1.29, 1.82) is 0 Å². The van der Waals surface area contributed by atoms with Crippen molar-refractivity contribution in [3.63, 3.8) is 0 Å². The van der Waals surface area contributed by atoms with Crippen LogP contribution in [0.5, 0.6) is 0 Å². The zero-order valence-corrected chi connectivity index (χ0v) is 5.51. The van der Waals surface area contributed by atoms with Crippen molar-refractivity contribution < 1.29 is 11.3 Å². The second-order valence-corrected chi connectivity index (χ2v) is 2.05. The second-order valence-electron chi connectivity index (χ2n) is 2.05. The van der Waals surface area contributed by atoms with Crippen LogP contribution in [0.25, 0.3) is 0 Å². The summed E-state index contributed by atoms with van der Waals surface area (Å²) < 4.78 is 0. The first-order valence-corrected chi connectivity index (χ1v) is 2.79. The third-order valence-electron chi connectivity index (χ3n) is 1.41. The number of rotatable bonds is 1. The van der Waals surface area contributed by atoms with Gasteiger partial charge in [-0.25, -0.2) is 4.79 Å². The molecule has 0 atom stereocenters. The summed E-state index contributed by atoms with van der Waals surface area (Å²) in [7, 11) is 5.36. The molecule has 0 aliphatic carbocycles. The molecule has 2 N–H and O–H groups in total. The highest BCUT2D eigenvalue weighted by atomic mass is 16.4. The topological polar surface area (TPSA) is 53.1 Å². The third-order valence-corrected chi connectivity index (χ3v) is 1.41. The first-order valence-electron chi connectivity index (χ1n) is 2.79. The van der Waals surface area contributed by atoms with Crippen LogP contribution in [0.3, 0.4) is 0 Å². The molecule has 0 amide bonds. The summed E-state index contributed by atoms with van der Waals surface area (Å²) in [6.07, 6.45) is 1.38. The molecule has 0 aliphatic rings. The van der Waals surface area contributed by atoms with Crippen LogP contribution in [0, 0.1) is 6.92 Å². The van der Waals surface area contributed by atoms with Crippen LogP contribution in [0.15, 0.2) is 6.20 Å². The number of hydrogen-bond acceptors (Lipinski definition) is 1. The molecule has 0 spiro atoms. The number of nitrogens with one attached hydrogen (secondary N) is 1. The molecule has 0 saturated heterocycles. The van der Waals surface area contributed by atoms with Gasteiger partial charge in [-0.05, 0) is 18.1 Å². The highest BCUT2D eigenvalue weighted by Crippen LogP contribution is 2.01. The molecule has 1 aromatic rings. The van der Waals surface area contributed by atoms with Gasteiger partial charge in [-0.2, -0.15) is 0 Å². The number of carbonyl (C=O) groups is 1. The summed E-state index contributed by atoms with van der Waals surface area (Å²) >= 11 is 0. The van der Waals surface area contributed by atoms with E-state index in [-0.39, 0.29) is 21.8 Å². The van der Waals surface area contributed by atoms with Crippen LogP contribution in [0.1, 0.15) is 32.2 Å². The second kappa shape index (κ2) is 4.64. The quantitative estimate of drug-likeness (QED) is 0.624. The molecule has 0 aliphatic heterocycles. The molecule has 3 nitrogen and oxygen atoms in total. The number of hydrogen-bond donors (Lipinski definition) is 2. The number of H-pyrrole nitrogens is 1. The van der Waals surface area contributed by atoms with Gasteiger partial charge in [0, 0.05) is 7.62 Å². The van der Waals surface area contributed by atoms with Gasteiger partial charge in [0.25, 0.3) is 0 Å². The maximum atomic E-state index is 10.4. The van der Waals surface area contributed by atoms with Gasteiger partial charge in [0.1, 0.15) is 7.85 Å². The normalized spacial score (nSPS) is 8.08. The number of aromatic carboxylic acids is 1. The summed E-state index contributed by atoms with van der Waals surface area (Å²) in [6.45, 7) is 1.66. The molecule has 0 aromatic carbocycles. The Morgan fingerprint density at radius 2 is 2.17 bits per heavy atom. The maximum absolute atomic E-state index is 10.4. The molecule has 4 heteroatoms. The van der Waals surface area contributed by atoms with Gasteiger partial charge in [-0.3, -0.25) is 0 Å². The van der Waals surface area contributed by atoms with E-state index in [9.17, 15) is 4.79 Å². The Balaban J connectivity index is -0.000000333. The van der Waals surface area contributed by atoms with Gasteiger partial charge < -0.3 is 10.1 Å². The Morgan fingerprint density at radius 3 is 2.33 bits per heavy atom. The molecule has 0 bridgehead atoms. The zero-order valence-electron chi connectivity index (χ0n) is 5.51. The van der Waals surface area contributed by atoms with Crippen molar-refractivity contribution in [3.05, 3.63) is 17.3 Å². The van der Waals surface area contributed by atoms with E-state index in [0.717, 1.165) is 0 Å². The monoisotopic (exact) mass is 170 g/mol. The molecule has 68 valence electrons. The van der Waals surface area contributed by atoms with E-state index < -0.39 is 5.97 Å². The fraction of sp³-hybridized carbons (Fsp3) is 0.375. The molecule has 12 heavy (non-hydrogen) atoms. The lowest BCUT2D eigenvalue weighted by Crippen LogP contribution is -2.07. The largest absolute Gasteiger partial charge is 0.478 e. The van der Waals surface area contributed by atoms with E-state index >= 15 is 0 Å². The molecule has 0 unspecified atom stereocenters. The molecular weight excluding hydrogens is 153 g/mol.